The predicted molar refractivity (Wildman–Crippen MR) is 91.2 cm³/mol. The van der Waals surface area contributed by atoms with E-state index in [2.05, 4.69) is 0 Å². The standard InChI is InChI=1S/C18H24N2O4/c1-3-24-10-6-9-20(12-14(2)18(22)23)17(21)15-11-16-7-4-5-8-19(16)13-15/h4-5,7-8,11,13-14H,3,6,9-10,12H2,1-2H3,(H,22,23). The number of fused-ring (bicyclic) bond motifs is 1. The Hall–Kier alpha value is -2.34. The van der Waals surface area contributed by atoms with Gasteiger partial charge in [0.2, 0.25) is 0 Å². The summed E-state index contributed by atoms with van der Waals surface area (Å²) < 4.78 is 7.19. The molecule has 2 rings (SSSR count). The van der Waals surface area contributed by atoms with Gasteiger partial charge in [-0.15, -0.1) is 0 Å². The zero-order chi connectivity index (χ0) is 17.5. The van der Waals surface area contributed by atoms with Gasteiger partial charge in [-0.25, -0.2) is 0 Å². The van der Waals surface area contributed by atoms with Crippen molar-refractivity contribution in [1.82, 2.24) is 9.30 Å². The van der Waals surface area contributed by atoms with E-state index in [-0.39, 0.29) is 12.5 Å². The molecule has 1 N–H and O–H groups in total. The number of hydrogen-bond donors (Lipinski definition) is 1. The number of amides is 1. The van der Waals surface area contributed by atoms with Crippen LogP contribution in [0.5, 0.6) is 0 Å². The van der Waals surface area contributed by atoms with E-state index in [1.807, 2.05) is 41.8 Å². The summed E-state index contributed by atoms with van der Waals surface area (Å²) in [6.07, 6.45) is 4.34. The van der Waals surface area contributed by atoms with E-state index in [9.17, 15) is 9.59 Å². The maximum Gasteiger partial charge on any atom is 0.308 e. The van der Waals surface area contributed by atoms with Crippen molar-refractivity contribution in [3.8, 4) is 0 Å². The van der Waals surface area contributed by atoms with Gasteiger partial charge < -0.3 is 19.1 Å². The van der Waals surface area contributed by atoms with E-state index < -0.39 is 11.9 Å². The third-order valence-corrected chi connectivity index (χ3v) is 3.88. The highest BCUT2D eigenvalue weighted by Gasteiger charge is 2.22. The van der Waals surface area contributed by atoms with Crippen molar-refractivity contribution in [2.45, 2.75) is 20.3 Å². The number of ether oxygens (including phenoxy) is 1. The molecule has 0 aliphatic rings. The molecule has 6 heteroatoms. The Bertz CT molecular complexity index is 662. The highest BCUT2D eigenvalue weighted by atomic mass is 16.5. The van der Waals surface area contributed by atoms with Crippen LogP contribution < -0.4 is 0 Å². The Morgan fingerprint density at radius 1 is 1.38 bits per heavy atom. The summed E-state index contributed by atoms with van der Waals surface area (Å²) in [6.45, 7) is 5.38. The summed E-state index contributed by atoms with van der Waals surface area (Å²) in [7, 11) is 0. The number of carboxylic acid groups (broad SMARTS) is 1. The molecule has 0 aromatic carbocycles. The van der Waals surface area contributed by atoms with Crippen molar-refractivity contribution >= 4 is 17.4 Å². The molecule has 2 heterocycles. The van der Waals surface area contributed by atoms with Crippen molar-refractivity contribution in [3.63, 3.8) is 0 Å². The van der Waals surface area contributed by atoms with Crippen molar-refractivity contribution < 1.29 is 19.4 Å². The molecule has 0 fully saturated rings. The van der Waals surface area contributed by atoms with Gasteiger partial charge >= 0.3 is 5.97 Å². The molecule has 6 nitrogen and oxygen atoms in total. The molecule has 0 saturated carbocycles. The monoisotopic (exact) mass is 332 g/mol. The third kappa shape index (κ3) is 4.58. The summed E-state index contributed by atoms with van der Waals surface area (Å²) in [4.78, 5) is 25.6. The van der Waals surface area contributed by atoms with Crippen LogP contribution in [-0.4, -0.2) is 52.6 Å². The number of hydrogen-bond acceptors (Lipinski definition) is 3. The number of nitrogens with zero attached hydrogens (tertiary/aromatic N) is 2. The lowest BCUT2D eigenvalue weighted by atomic mass is 10.1. The largest absolute Gasteiger partial charge is 0.481 e. The second kappa shape index (κ2) is 8.49. The topological polar surface area (TPSA) is 71.2 Å². The van der Waals surface area contributed by atoms with Crippen LogP contribution in [0, 0.1) is 5.92 Å². The van der Waals surface area contributed by atoms with Crippen molar-refractivity contribution in [2.24, 2.45) is 5.92 Å². The summed E-state index contributed by atoms with van der Waals surface area (Å²) in [5.41, 5.74) is 1.50. The second-order valence-electron chi connectivity index (χ2n) is 5.80. The van der Waals surface area contributed by atoms with Gasteiger partial charge in [-0.05, 0) is 31.5 Å². The molecule has 0 aliphatic carbocycles. The first kappa shape index (κ1) is 18.0. The highest BCUT2D eigenvalue weighted by Crippen LogP contribution is 2.14. The SMILES string of the molecule is CCOCCCN(CC(C)C(=O)O)C(=O)c1cc2ccccn2c1. The molecule has 2 aromatic rings. The zero-order valence-electron chi connectivity index (χ0n) is 14.1. The lowest BCUT2D eigenvalue weighted by Crippen LogP contribution is -2.37. The minimum atomic E-state index is -0.903. The van der Waals surface area contributed by atoms with E-state index >= 15 is 0 Å². The van der Waals surface area contributed by atoms with Crippen LogP contribution >= 0.6 is 0 Å². The Labute approximate surface area is 141 Å². The number of aliphatic carboxylic acids is 1. The molecule has 1 unspecified atom stereocenters. The Morgan fingerprint density at radius 3 is 2.83 bits per heavy atom. The fourth-order valence-corrected chi connectivity index (χ4v) is 2.54. The molecule has 2 aromatic heterocycles. The first-order valence-electron chi connectivity index (χ1n) is 8.19. The number of aromatic nitrogens is 1. The predicted octanol–water partition coefficient (Wildman–Crippen LogP) is 2.53. The first-order valence-corrected chi connectivity index (χ1v) is 8.19. The van der Waals surface area contributed by atoms with Gasteiger partial charge in [0.25, 0.3) is 5.91 Å². The van der Waals surface area contributed by atoms with Crippen LogP contribution in [0.1, 0.15) is 30.6 Å². The Balaban J connectivity index is 2.13. The van der Waals surface area contributed by atoms with E-state index in [1.54, 1.807) is 18.0 Å². The number of carboxylic acids is 1. The van der Waals surface area contributed by atoms with Gasteiger partial charge in [-0.1, -0.05) is 13.0 Å². The average Bonchev–Trinajstić information content (AvgIpc) is 3.00. The van der Waals surface area contributed by atoms with E-state index in [4.69, 9.17) is 9.84 Å². The number of pyridine rings is 1. The normalized spacial score (nSPS) is 12.2. The summed E-state index contributed by atoms with van der Waals surface area (Å²) in [5.74, 6) is -1.67. The molecule has 1 atom stereocenters. The third-order valence-electron chi connectivity index (χ3n) is 3.88. The fraction of sp³-hybridized carbons (Fsp3) is 0.444. The van der Waals surface area contributed by atoms with Crippen LogP contribution in [0.25, 0.3) is 5.52 Å². The van der Waals surface area contributed by atoms with Crippen molar-refractivity contribution in [3.05, 3.63) is 42.2 Å². The molecule has 1 amide bonds. The average molecular weight is 332 g/mol. The van der Waals surface area contributed by atoms with Crippen LogP contribution in [0.2, 0.25) is 0 Å². The fourth-order valence-electron chi connectivity index (χ4n) is 2.54. The minimum absolute atomic E-state index is 0.150. The Kier molecular flexibility index (Phi) is 6.37. The molecule has 0 aliphatic heterocycles. The van der Waals surface area contributed by atoms with Gasteiger partial charge in [-0.3, -0.25) is 9.59 Å². The first-order chi connectivity index (χ1) is 11.5. The van der Waals surface area contributed by atoms with Crippen LogP contribution in [-0.2, 0) is 9.53 Å². The van der Waals surface area contributed by atoms with Gasteiger partial charge in [0.15, 0.2) is 0 Å². The highest BCUT2D eigenvalue weighted by molar-refractivity contribution is 5.95. The van der Waals surface area contributed by atoms with E-state index in [0.717, 1.165) is 5.52 Å². The molecular weight excluding hydrogens is 308 g/mol. The maximum atomic E-state index is 12.8. The van der Waals surface area contributed by atoms with Crippen LogP contribution in [0.4, 0.5) is 0 Å². The van der Waals surface area contributed by atoms with Crippen LogP contribution in [0.3, 0.4) is 0 Å². The molecule has 24 heavy (non-hydrogen) atoms. The van der Waals surface area contributed by atoms with E-state index in [1.165, 1.54) is 0 Å². The lowest BCUT2D eigenvalue weighted by molar-refractivity contribution is -0.141. The smallest absolute Gasteiger partial charge is 0.308 e. The van der Waals surface area contributed by atoms with Crippen molar-refractivity contribution in [2.75, 3.05) is 26.3 Å². The molecule has 130 valence electrons. The summed E-state index contributed by atoms with van der Waals surface area (Å²) in [5, 5.41) is 9.14. The maximum absolute atomic E-state index is 12.8. The quantitative estimate of drug-likeness (QED) is 0.716. The lowest BCUT2D eigenvalue weighted by Gasteiger charge is -2.24. The number of carbonyl (C=O) groups is 2. The van der Waals surface area contributed by atoms with Crippen LogP contribution in [0.15, 0.2) is 36.7 Å². The molecule has 0 bridgehead atoms. The van der Waals surface area contributed by atoms with E-state index in [0.29, 0.717) is 31.7 Å². The molecule has 0 spiro atoms. The van der Waals surface area contributed by atoms with Crippen molar-refractivity contribution in [1.29, 1.82) is 0 Å². The van der Waals surface area contributed by atoms with Gasteiger partial charge in [0.1, 0.15) is 0 Å². The molecule has 0 saturated heterocycles. The second-order valence-corrected chi connectivity index (χ2v) is 5.80. The molecule has 0 radical (unpaired) electrons. The number of carbonyl (C=O) groups excluding carboxylic acids is 1. The summed E-state index contributed by atoms with van der Waals surface area (Å²) in [6, 6.07) is 7.56. The minimum Gasteiger partial charge on any atom is -0.481 e. The van der Waals surface area contributed by atoms with Gasteiger partial charge in [0, 0.05) is 44.2 Å². The zero-order valence-corrected chi connectivity index (χ0v) is 14.1. The number of rotatable bonds is 9. The van der Waals surface area contributed by atoms with Gasteiger partial charge in [0.05, 0.1) is 11.5 Å². The molecular formula is C18H24N2O4. The Morgan fingerprint density at radius 2 is 2.17 bits per heavy atom. The summed E-state index contributed by atoms with van der Waals surface area (Å²) >= 11 is 0. The van der Waals surface area contributed by atoms with Gasteiger partial charge in [-0.2, -0.15) is 0 Å².